The third-order valence-electron chi connectivity index (χ3n) is 14.8. The van der Waals surface area contributed by atoms with Gasteiger partial charge in [-0.3, -0.25) is 19.5 Å². The number of rotatable bonds is 49. The largest absolute Gasteiger partial charge is 0.460 e. The van der Waals surface area contributed by atoms with Crippen LogP contribution in [0.1, 0.15) is 273 Å². The van der Waals surface area contributed by atoms with Crippen LogP contribution >= 0.6 is 0 Å². The SMILES string of the molecule is CCCCCCCCC(O)CN(CCCC(=O)OC(CC)C1OCCC1C(C)CC)CC(O)CCCCCCCC.CCCCCCCCC(O)CN(CCCC(=O)OF)CC(O)CCCCCCCC. The van der Waals surface area contributed by atoms with Gasteiger partial charge < -0.3 is 29.9 Å². The lowest BCUT2D eigenvalue weighted by Crippen LogP contribution is -2.39. The van der Waals surface area contributed by atoms with Crippen LogP contribution in [0.2, 0.25) is 0 Å². The smallest absolute Gasteiger partial charge is 0.348 e. The van der Waals surface area contributed by atoms with Crippen LogP contribution in [0.4, 0.5) is 4.53 Å². The van der Waals surface area contributed by atoms with Crippen LogP contribution in [-0.4, -0.2) is 125 Å². The third-order valence-corrected chi connectivity index (χ3v) is 14.8. The number of aliphatic hydroxyl groups is 4. The van der Waals surface area contributed by atoms with Gasteiger partial charge in [0.25, 0.3) is 0 Å². The number of carbonyl (C=O) groups excluding carboxylic acids is 2. The van der Waals surface area contributed by atoms with Gasteiger partial charge in [-0.25, -0.2) is 4.79 Å². The van der Waals surface area contributed by atoms with Crippen molar-refractivity contribution in [3.05, 3.63) is 0 Å². The van der Waals surface area contributed by atoms with Crippen molar-refractivity contribution in [2.75, 3.05) is 45.9 Å². The van der Waals surface area contributed by atoms with Gasteiger partial charge in [0.2, 0.25) is 0 Å². The van der Waals surface area contributed by atoms with E-state index < -0.39 is 30.4 Å². The van der Waals surface area contributed by atoms with E-state index in [2.05, 4.69) is 58.3 Å². The minimum absolute atomic E-state index is 0.00429. The first-order chi connectivity index (χ1) is 34.4. The maximum absolute atomic E-state index is 12.8. The lowest BCUT2D eigenvalue weighted by molar-refractivity contribution is -0.183. The molecule has 1 saturated heterocycles. The zero-order valence-electron chi connectivity index (χ0n) is 47.4. The van der Waals surface area contributed by atoms with E-state index in [0.717, 1.165) is 90.1 Å². The zero-order valence-corrected chi connectivity index (χ0v) is 47.4. The van der Waals surface area contributed by atoms with Gasteiger partial charge in [-0.15, -0.1) is 0 Å². The van der Waals surface area contributed by atoms with Crippen LogP contribution in [-0.2, 0) is 24.0 Å². The number of unbranched alkanes of at least 4 members (excludes halogenated alkanes) is 20. The summed E-state index contributed by atoms with van der Waals surface area (Å²) in [6.45, 7) is 19.5. The molecule has 0 aromatic carbocycles. The molecule has 0 aromatic heterocycles. The summed E-state index contributed by atoms with van der Waals surface area (Å²) in [6, 6.07) is 0. The molecule has 4 N–H and O–H groups in total. The van der Waals surface area contributed by atoms with Crippen molar-refractivity contribution >= 4 is 11.9 Å². The Labute approximate surface area is 436 Å². The average Bonchev–Trinajstić information content (AvgIpc) is 3.85. The molecule has 1 rings (SSSR count). The summed E-state index contributed by atoms with van der Waals surface area (Å²) in [6.07, 6.45) is 34.5. The Morgan fingerprint density at radius 1 is 0.507 bits per heavy atom. The van der Waals surface area contributed by atoms with Crippen molar-refractivity contribution in [3.8, 4) is 0 Å². The molecule has 1 aliphatic rings. The second kappa shape index (κ2) is 49.5. The van der Waals surface area contributed by atoms with Crippen LogP contribution in [0.15, 0.2) is 0 Å². The van der Waals surface area contributed by atoms with Crippen molar-refractivity contribution in [1.29, 1.82) is 0 Å². The number of ether oxygens (including phenoxy) is 2. The van der Waals surface area contributed by atoms with E-state index in [1.54, 1.807) is 0 Å². The normalized spacial score (nSPS) is 17.4. The van der Waals surface area contributed by atoms with Gasteiger partial charge in [0.1, 0.15) is 6.10 Å². The summed E-state index contributed by atoms with van der Waals surface area (Å²) in [5.41, 5.74) is 0. The molecule has 11 nitrogen and oxygen atoms in total. The van der Waals surface area contributed by atoms with E-state index in [-0.39, 0.29) is 24.6 Å². The Balaban J connectivity index is 0.00000145. The number of halogens is 1. The quantitative estimate of drug-likeness (QED) is 0.0341. The fraction of sp³-hybridized carbons (Fsp3) is 0.966. The zero-order chi connectivity index (χ0) is 52.7. The summed E-state index contributed by atoms with van der Waals surface area (Å²) in [5.74, 6) is -0.00508. The van der Waals surface area contributed by atoms with Gasteiger partial charge in [0.05, 0.1) is 36.9 Å². The van der Waals surface area contributed by atoms with E-state index in [0.29, 0.717) is 70.4 Å². The first-order valence-corrected chi connectivity index (χ1v) is 30.2. The molecule has 0 amide bonds. The molecule has 0 radical (unpaired) electrons. The molecule has 424 valence electrons. The lowest BCUT2D eigenvalue weighted by Gasteiger charge is -2.30. The summed E-state index contributed by atoms with van der Waals surface area (Å²) in [7, 11) is 0. The van der Waals surface area contributed by atoms with Gasteiger partial charge in [-0.05, 0) is 76.3 Å². The molecule has 0 bridgehead atoms. The van der Waals surface area contributed by atoms with Crippen molar-refractivity contribution in [2.45, 2.75) is 310 Å². The molecule has 1 aliphatic heterocycles. The summed E-state index contributed by atoms with van der Waals surface area (Å²) >= 11 is 0. The molecule has 0 spiro atoms. The van der Waals surface area contributed by atoms with Crippen LogP contribution in [0.25, 0.3) is 0 Å². The van der Waals surface area contributed by atoms with Gasteiger partial charge in [0, 0.05) is 43.7 Å². The second-order valence-corrected chi connectivity index (χ2v) is 21.6. The lowest BCUT2D eigenvalue weighted by atomic mass is 9.83. The fourth-order valence-corrected chi connectivity index (χ4v) is 10.2. The molecule has 8 atom stereocenters. The number of hydrogen-bond acceptors (Lipinski definition) is 11. The Morgan fingerprint density at radius 3 is 1.17 bits per heavy atom. The van der Waals surface area contributed by atoms with Crippen molar-refractivity contribution < 1.29 is 49.0 Å². The second-order valence-electron chi connectivity index (χ2n) is 21.6. The fourth-order valence-electron chi connectivity index (χ4n) is 10.2. The van der Waals surface area contributed by atoms with Gasteiger partial charge in [-0.2, -0.15) is 0 Å². The van der Waals surface area contributed by atoms with Crippen molar-refractivity contribution in [1.82, 2.24) is 9.80 Å². The predicted octanol–water partition coefficient (Wildman–Crippen LogP) is 13.8. The molecule has 71 heavy (non-hydrogen) atoms. The first kappa shape index (κ1) is 69.6. The highest BCUT2D eigenvalue weighted by molar-refractivity contribution is 5.69. The molecule has 0 saturated carbocycles. The number of esters is 1. The highest BCUT2D eigenvalue weighted by atomic mass is 19.3. The maximum Gasteiger partial charge on any atom is 0.348 e. The van der Waals surface area contributed by atoms with Crippen LogP contribution < -0.4 is 0 Å². The highest BCUT2D eigenvalue weighted by Crippen LogP contribution is 2.34. The number of carbonyl (C=O) groups is 2. The minimum Gasteiger partial charge on any atom is -0.460 e. The molecule has 0 aliphatic carbocycles. The van der Waals surface area contributed by atoms with Gasteiger partial charge in [-0.1, -0.05) is 209 Å². The predicted molar refractivity (Wildman–Crippen MR) is 292 cm³/mol. The van der Waals surface area contributed by atoms with Crippen molar-refractivity contribution in [2.24, 2.45) is 11.8 Å². The molecular weight excluding hydrogens is 900 g/mol. The minimum atomic E-state index is -0.866. The Hall–Kier alpha value is -1.41. The maximum atomic E-state index is 12.8. The summed E-state index contributed by atoms with van der Waals surface area (Å²) in [4.78, 5) is 31.3. The molecule has 8 unspecified atom stereocenters. The molecule has 12 heteroatoms. The van der Waals surface area contributed by atoms with E-state index in [4.69, 9.17) is 9.47 Å². The van der Waals surface area contributed by atoms with Gasteiger partial charge in [0.15, 0.2) is 0 Å². The Morgan fingerprint density at radius 2 is 0.845 bits per heavy atom. The Kier molecular flexibility index (Phi) is 48.5. The molecule has 1 heterocycles. The number of hydrogen-bond donors (Lipinski definition) is 4. The van der Waals surface area contributed by atoms with Gasteiger partial charge >= 0.3 is 11.9 Å². The van der Waals surface area contributed by atoms with E-state index in [1.165, 1.54) is 116 Å². The summed E-state index contributed by atoms with van der Waals surface area (Å²) in [5, 5.41) is 42.4. The summed E-state index contributed by atoms with van der Waals surface area (Å²) < 4.78 is 23.9. The molecular formula is C59H117FN2O9. The van der Waals surface area contributed by atoms with E-state index >= 15 is 0 Å². The highest BCUT2D eigenvalue weighted by Gasteiger charge is 2.38. The van der Waals surface area contributed by atoms with Crippen molar-refractivity contribution in [3.63, 3.8) is 0 Å². The number of aliphatic hydroxyl groups excluding tert-OH is 4. The topological polar surface area (TPSA) is 149 Å². The van der Waals surface area contributed by atoms with Crippen LogP contribution in [0, 0.1) is 11.8 Å². The van der Waals surface area contributed by atoms with E-state index in [9.17, 15) is 34.5 Å². The van der Waals surface area contributed by atoms with Crippen LogP contribution in [0.5, 0.6) is 0 Å². The monoisotopic (exact) mass is 1020 g/mol. The van der Waals surface area contributed by atoms with E-state index in [1.807, 2.05) is 4.90 Å². The standard InChI is InChI=1S/C35H69NO5.C24H48FNO4/c1-6-10-12-14-16-18-21-30(37)27-36(28-31(38)22-19-17-15-13-11-7-2)25-20-23-34(39)41-33(9-4)35-32(24-26-40-35)29(5)8-3;1-3-5-7-9-11-13-16-22(27)20-26(19-15-18-24(29)30-25)21-23(28)17-14-12-10-8-6-4-2/h29-33,35,37-38H,6-28H2,1-5H3;22-23,27-28H,3-21H2,1-2H3. The third kappa shape index (κ3) is 40.6. The first-order valence-electron chi connectivity index (χ1n) is 30.2. The molecule has 1 fully saturated rings. The van der Waals surface area contributed by atoms with Crippen LogP contribution in [0.3, 0.4) is 0 Å². The number of nitrogens with zero attached hydrogens (tertiary/aromatic N) is 2. The molecule has 0 aromatic rings. The average molecular weight is 1020 g/mol. The Bertz CT molecular complexity index is 1120.